The standard InChI is InChI=1S/C24H40N4O5/c1-3-7-21(29)23(30)27-20(24(31)32)12-15-28(16-17-33-2)14-5-4-9-19-11-10-18-8-6-13-25-22(18)26-19/h10-11,20-21,29H,3-9,12-17H2,1-2H3,(H,25,26)(H,27,30)(H,31,32). The number of fused-ring (bicyclic) bond motifs is 1. The van der Waals surface area contributed by atoms with Crippen molar-refractivity contribution in [1.29, 1.82) is 0 Å². The molecule has 1 aliphatic rings. The average Bonchev–Trinajstić information content (AvgIpc) is 2.81. The molecule has 2 unspecified atom stereocenters. The van der Waals surface area contributed by atoms with Crippen LogP contribution in [-0.4, -0.2) is 84.0 Å². The number of unbranched alkanes of at least 4 members (excludes halogenated alkanes) is 1. The third-order valence-electron chi connectivity index (χ3n) is 5.93. The maximum absolute atomic E-state index is 12.0. The third kappa shape index (κ3) is 9.65. The second-order valence-corrected chi connectivity index (χ2v) is 8.62. The zero-order chi connectivity index (χ0) is 24.1. The van der Waals surface area contributed by atoms with Crippen molar-refractivity contribution in [3.05, 3.63) is 23.4 Å². The number of hydrogen-bond acceptors (Lipinski definition) is 7. The Kier molecular flexibility index (Phi) is 12.1. The Morgan fingerprint density at radius 2 is 2.06 bits per heavy atom. The van der Waals surface area contributed by atoms with Crippen LogP contribution >= 0.6 is 0 Å². The number of ether oxygens (including phenoxy) is 1. The molecule has 9 heteroatoms. The Morgan fingerprint density at radius 1 is 1.24 bits per heavy atom. The van der Waals surface area contributed by atoms with Gasteiger partial charge < -0.3 is 30.5 Å². The van der Waals surface area contributed by atoms with E-state index in [1.165, 1.54) is 5.56 Å². The number of carbonyl (C=O) groups is 2. The molecule has 0 radical (unpaired) electrons. The lowest BCUT2D eigenvalue weighted by atomic mass is 10.1. The van der Waals surface area contributed by atoms with E-state index in [9.17, 15) is 19.8 Å². The van der Waals surface area contributed by atoms with Crippen LogP contribution in [0.2, 0.25) is 0 Å². The van der Waals surface area contributed by atoms with Gasteiger partial charge in [0.2, 0.25) is 5.91 Å². The number of pyridine rings is 1. The molecular weight excluding hydrogens is 424 g/mol. The first kappa shape index (κ1) is 27.0. The summed E-state index contributed by atoms with van der Waals surface area (Å²) in [5.74, 6) is -0.697. The highest BCUT2D eigenvalue weighted by molar-refractivity contribution is 5.86. The van der Waals surface area contributed by atoms with E-state index in [1.807, 2.05) is 6.92 Å². The van der Waals surface area contributed by atoms with Crippen LogP contribution in [0.1, 0.15) is 56.7 Å². The first-order valence-corrected chi connectivity index (χ1v) is 12.1. The molecule has 1 aliphatic heterocycles. The normalized spacial score (nSPS) is 14.9. The molecule has 186 valence electrons. The van der Waals surface area contributed by atoms with Gasteiger partial charge in [-0.2, -0.15) is 0 Å². The van der Waals surface area contributed by atoms with Crippen molar-refractivity contribution >= 4 is 17.7 Å². The van der Waals surface area contributed by atoms with Gasteiger partial charge in [0.15, 0.2) is 0 Å². The summed E-state index contributed by atoms with van der Waals surface area (Å²) in [5.41, 5.74) is 2.38. The number of carboxylic acids is 1. The number of amides is 1. The first-order valence-electron chi connectivity index (χ1n) is 12.1. The van der Waals surface area contributed by atoms with E-state index in [0.717, 1.165) is 56.7 Å². The Hall–Kier alpha value is -2.23. The molecule has 33 heavy (non-hydrogen) atoms. The van der Waals surface area contributed by atoms with E-state index in [0.29, 0.717) is 32.5 Å². The Balaban J connectivity index is 1.80. The Labute approximate surface area is 196 Å². The van der Waals surface area contributed by atoms with Gasteiger partial charge in [0, 0.05) is 32.4 Å². The molecule has 0 saturated heterocycles. The molecule has 1 amide bonds. The van der Waals surface area contributed by atoms with Crippen molar-refractivity contribution in [1.82, 2.24) is 15.2 Å². The van der Waals surface area contributed by atoms with Crippen molar-refractivity contribution in [3.63, 3.8) is 0 Å². The molecular formula is C24H40N4O5. The van der Waals surface area contributed by atoms with Crippen LogP contribution in [0.25, 0.3) is 0 Å². The summed E-state index contributed by atoms with van der Waals surface area (Å²) < 4.78 is 5.20. The number of hydrogen-bond donors (Lipinski definition) is 4. The summed E-state index contributed by atoms with van der Waals surface area (Å²) in [4.78, 5) is 30.5. The lowest BCUT2D eigenvalue weighted by Gasteiger charge is -2.24. The monoisotopic (exact) mass is 464 g/mol. The van der Waals surface area contributed by atoms with Gasteiger partial charge in [0.05, 0.1) is 6.61 Å². The minimum absolute atomic E-state index is 0.266. The van der Waals surface area contributed by atoms with Crippen LogP contribution < -0.4 is 10.6 Å². The molecule has 0 fully saturated rings. The van der Waals surface area contributed by atoms with Crippen LogP contribution in [0.15, 0.2) is 12.1 Å². The number of aliphatic hydroxyl groups excluding tert-OH is 1. The van der Waals surface area contributed by atoms with Gasteiger partial charge >= 0.3 is 5.97 Å². The van der Waals surface area contributed by atoms with E-state index in [1.54, 1.807) is 7.11 Å². The van der Waals surface area contributed by atoms with Crippen LogP contribution in [-0.2, 0) is 27.2 Å². The minimum atomic E-state index is -1.17. The van der Waals surface area contributed by atoms with E-state index in [2.05, 4.69) is 27.7 Å². The largest absolute Gasteiger partial charge is 0.480 e. The number of methoxy groups -OCH3 is 1. The first-order chi connectivity index (χ1) is 15.9. The summed E-state index contributed by atoms with van der Waals surface area (Å²) in [6.07, 6.45) is 5.12. The predicted molar refractivity (Wildman–Crippen MR) is 127 cm³/mol. The number of nitrogens with zero attached hydrogens (tertiary/aromatic N) is 2. The highest BCUT2D eigenvalue weighted by atomic mass is 16.5. The van der Waals surface area contributed by atoms with Crippen molar-refractivity contribution in [3.8, 4) is 0 Å². The van der Waals surface area contributed by atoms with Crippen LogP contribution in [0.5, 0.6) is 0 Å². The number of anilines is 1. The topological polar surface area (TPSA) is 124 Å². The predicted octanol–water partition coefficient (Wildman–Crippen LogP) is 1.83. The zero-order valence-electron chi connectivity index (χ0n) is 20.0. The summed E-state index contributed by atoms with van der Waals surface area (Å²) in [5, 5.41) is 25.1. The van der Waals surface area contributed by atoms with Gasteiger partial charge in [-0.05, 0) is 63.1 Å². The number of aromatic nitrogens is 1. The van der Waals surface area contributed by atoms with Crippen molar-refractivity contribution in [2.24, 2.45) is 0 Å². The highest BCUT2D eigenvalue weighted by Gasteiger charge is 2.24. The zero-order valence-corrected chi connectivity index (χ0v) is 20.0. The molecule has 1 aromatic heterocycles. The number of carbonyl (C=O) groups excluding carboxylic acids is 1. The number of carboxylic acid groups (broad SMARTS) is 1. The van der Waals surface area contributed by atoms with Gasteiger partial charge in [-0.15, -0.1) is 0 Å². The number of rotatable bonds is 16. The fourth-order valence-corrected chi connectivity index (χ4v) is 3.95. The lowest BCUT2D eigenvalue weighted by Crippen LogP contribution is -2.47. The third-order valence-corrected chi connectivity index (χ3v) is 5.93. The van der Waals surface area contributed by atoms with Gasteiger partial charge in [0.25, 0.3) is 0 Å². The summed E-state index contributed by atoms with van der Waals surface area (Å²) in [7, 11) is 1.64. The fourth-order valence-electron chi connectivity index (χ4n) is 3.95. The molecule has 2 rings (SSSR count). The van der Waals surface area contributed by atoms with E-state index < -0.39 is 24.0 Å². The fraction of sp³-hybridized carbons (Fsp3) is 0.708. The minimum Gasteiger partial charge on any atom is -0.480 e. The number of aliphatic hydroxyl groups is 1. The van der Waals surface area contributed by atoms with Gasteiger partial charge in [0.1, 0.15) is 18.0 Å². The van der Waals surface area contributed by atoms with Crippen LogP contribution in [0.3, 0.4) is 0 Å². The average molecular weight is 465 g/mol. The summed E-state index contributed by atoms with van der Waals surface area (Å²) >= 11 is 0. The summed E-state index contributed by atoms with van der Waals surface area (Å²) in [6.45, 7) is 5.41. The van der Waals surface area contributed by atoms with Crippen molar-refractivity contribution < 1.29 is 24.5 Å². The molecule has 0 bridgehead atoms. The molecule has 0 aromatic carbocycles. The van der Waals surface area contributed by atoms with Crippen molar-refractivity contribution in [2.45, 2.75) is 70.4 Å². The molecule has 4 N–H and O–H groups in total. The van der Waals surface area contributed by atoms with Gasteiger partial charge in [-0.25, -0.2) is 9.78 Å². The Morgan fingerprint density at radius 3 is 2.79 bits per heavy atom. The van der Waals surface area contributed by atoms with Crippen molar-refractivity contribution in [2.75, 3.05) is 45.2 Å². The van der Waals surface area contributed by atoms with E-state index in [-0.39, 0.29) is 6.42 Å². The smallest absolute Gasteiger partial charge is 0.326 e. The quantitative estimate of drug-likeness (QED) is 0.273. The number of aryl methyl sites for hydroxylation is 2. The Bertz CT molecular complexity index is 746. The van der Waals surface area contributed by atoms with Crippen LogP contribution in [0, 0.1) is 0 Å². The number of nitrogens with one attached hydrogen (secondary N) is 2. The maximum atomic E-state index is 12.0. The molecule has 1 aromatic rings. The SMILES string of the molecule is CCCC(O)C(=O)NC(CCN(CCCCc1ccc2c(n1)NCCC2)CCOC)C(=O)O. The second kappa shape index (κ2) is 14.8. The number of aliphatic carboxylic acids is 1. The highest BCUT2D eigenvalue weighted by Crippen LogP contribution is 2.20. The molecule has 2 heterocycles. The molecule has 0 aliphatic carbocycles. The second-order valence-electron chi connectivity index (χ2n) is 8.62. The van der Waals surface area contributed by atoms with E-state index >= 15 is 0 Å². The van der Waals surface area contributed by atoms with Crippen LogP contribution in [0.4, 0.5) is 5.82 Å². The van der Waals surface area contributed by atoms with E-state index in [4.69, 9.17) is 9.72 Å². The lowest BCUT2D eigenvalue weighted by molar-refractivity contribution is -0.143. The molecule has 9 nitrogen and oxygen atoms in total. The van der Waals surface area contributed by atoms with Gasteiger partial charge in [-0.3, -0.25) is 4.79 Å². The molecule has 0 saturated carbocycles. The molecule has 0 spiro atoms. The summed E-state index contributed by atoms with van der Waals surface area (Å²) in [6, 6.07) is 3.26. The molecule has 2 atom stereocenters. The van der Waals surface area contributed by atoms with Gasteiger partial charge in [-0.1, -0.05) is 19.4 Å². The maximum Gasteiger partial charge on any atom is 0.326 e.